The van der Waals surface area contributed by atoms with Crippen LogP contribution in [0.25, 0.3) is 5.57 Å². The van der Waals surface area contributed by atoms with Gasteiger partial charge in [0, 0.05) is 19.6 Å². The van der Waals surface area contributed by atoms with Gasteiger partial charge >= 0.3 is 0 Å². The smallest absolute Gasteiger partial charge is 0.264 e. The van der Waals surface area contributed by atoms with Gasteiger partial charge in [-0.1, -0.05) is 26.0 Å². The summed E-state index contributed by atoms with van der Waals surface area (Å²) in [7, 11) is 1.63. The predicted octanol–water partition coefficient (Wildman–Crippen LogP) is 2.13. The standard InChI is InChI=1S/C15H20N2O3/c1-11(2)10-20-15(19-3)8-4-5-12(9-15)13-6-7-14(18)17-16-13/h4-8,11H,9-10H2,1-3H3,(H,17,18). The number of H-pyrrole nitrogens is 1. The van der Waals surface area contributed by atoms with Crippen LogP contribution in [0.15, 0.2) is 35.2 Å². The van der Waals surface area contributed by atoms with Crippen LogP contribution in [-0.2, 0) is 9.47 Å². The van der Waals surface area contributed by atoms with Crippen LogP contribution in [0, 0.1) is 5.92 Å². The minimum atomic E-state index is -0.758. The quantitative estimate of drug-likeness (QED) is 0.837. The molecule has 0 spiro atoms. The summed E-state index contributed by atoms with van der Waals surface area (Å²) < 4.78 is 11.5. The topological polar surface area (TPSA) is 64.2 Å². The SMILES string of the molecule is COC1(OCC(C)C)C=CC=C(c2ccc(=O)[nH]n2)C1. The molecule has 0 saturated carbocycles. The summed E-state index contributed by atoms with van der Waals surface area (Å²) in [4.78, 5) is 11.1. The van der Waals surface area contributed by atoms with Crippen LogP contribution >= 0.6 is 0 Å². The zero-order valence-electron chi connectivity index (χ0n) is 12.1. The summed E-state index contributed by atoms with van der Waals surface area (Å²) in [5.41, 5.74) is 1.48. The molecule has 0 aliphatic heterocycles. The molecule has 0 amide bonds. The van der Waals surface area contributed by atoms with Crippen LogP contribution in [-0.4, -0.2) is 29.7 Å². The first-order valence-electron chi connectivity index (χ1n) is 6.68. The third kappa shape index (κ3) is 3.43. The van der Waals surface area contributed by atoms with Gasteiger partial charge in [0.15, 0.2) is 5.79 Å². The molecule has 0 radical (unpaired) electrons. The van der Waals surface area contributed by atoms with Crippen LogP contribution in [0.1, 0.15) is 26.0 Å². The van der Waals surface area contributed by atoms with E-state index in [-0.39, 0.29) is 5.56 Å². The molecule has 0 bridgehead atoms. The molecule has 1 heterocycles. The van der Waals surface area contributed by atoms with E-state index in [4.69, 9.17) is 9.47 Å². The molecule has 1 aliphatic rings. The maximum atomic E-state index is 11.1. The van der Waals surface area contributed by atoms with Crippen molar-refractivity contribution in [3.05, 3.63) is 46.4 Å². The number of hydrogen-bond acceptors (Lipinski definition) is 4. The fourth-order valence-corrected chi connectivity index (χ4v) is 2.00. The molecular formula is C15H20N2O3. The third-order valence-electron chi connectivity index (χ3n) is 3.10. The van der Waals surface area contributed by atoms with E-state index in [2.05, 4.69) is 24.0 Å². The first-order valence-corrected chi connectivity index (χ1v) is 6.68. The molecule has 108 valence electrons. The summed E-state index contributed by atoms with van der Waals surface area (Å²) in [6.45, 7) is 4.80. The number of allylic oxidation sites excluding steroid dienone is 2. The normalized spacial score (nSPS) is 22.1. The Bertz CT molecular complexity index is 554. The molecule has 0 saturated heterocycles. The van der Waals surface area contributed by atoms with Gasteiger partial charge in [-0.15, -0.1) is 0 Å². The summed E-state index contributed by atoms with van der Waals surface area (Å²) >= 11 is 0. The van der Waals surface area contributed by atoms with E-state index < -0.39 is 5.79 Å². The fraction of sp³-hybridized carbons (Fsp3) is 0.467. The van der Waals surface area contributed by atoms with E-state index in [1.807, 2.05) is 18.2 Å². The van der Waals surface area contributed by atoms with Crippen molar-refractivity contribution in [3.8, 4) is 0 Å². The average molecular weight is 276 g/mol. The molecule has 1 N–H and O–H groups in total. The Hall–Kier alpha value is -1.72. The highest BCUT2D eigenvalue weighted by Gasteiger charge is 2.32. The van der Waals surface area contributed by atoms with E-state index in [0.29, 0.717) is 18.9 Å². The number of nitrogens with one attached hydrogen (secondary N) is 1. The van der Waals surface area contributed by atoms with Crippen molar-refractivity contribution in [2.45, 2.75) is 26.1 Å². The van der Waals surface area contributed by atoms with Gasteiger partial charge in [0.25, 0.3) is 5.56 Å². The van der Waals surface area contributed by atoms with E-state index in [9.17, 15) is 4.79 Å². The number of methoxy groups -OCH3 is 1. The first kappa shape index (κ1) is 14.7. The van der Waals surface area contributed by atoms with Gasteiger partial charge in [0.05, 0.1) is 12.3 Å². The number of aromatic nitrogens is 2. The Balaban J connectivity index is 2.18. The van der Waals surface area contributed by atoms with Gasteiger partial charge in [-0.25, -0.2) is 5.10 Å². The van der Waals surface area contributed by atoms with E-state index in [1.165, 1.54) is 6.07 Å². The number of nitrogens with zero attached hydrogens (tertiary/aromatic N) is 1. The monoisotopic (exact) mass is 276 g/mol. The van der Waals surface area contributed by atoms with E-state index >= 15 is 0 Å². The Morgan fingerprint density at radius 1 is 1.45 bits per heavy atom. The molecule has 1 unspecified atom stereocenters. The molecule has 1 atom stereocenters. The molecule has 20 heavy (non-hydrogen) atoms. The summed E-state index contributed by atoms with van der Waals surface area (Å²) in [5.74, 6) is -0.331. The summed E-state index contributed by atoms with van der Waals surface area (Å²) in [6, 6.07) is 3.16. The van der Waals surface area contributed by atoms with Crippen molar-refractivity contribution < 1.29 is 9.47 Å². The fourth-order valence-electron chi connectivity index (χ4n) is 2.00. The Labute approximate surface area is 118 Å². The highest BCUT2D eigenvalue weighted by Crippen LogP contribution is 2.32. The van der Waals surface area contributed by atoms with Crippen LogP contribution in [0.2, 0.25) is 0 Å². The maximum absolute atomic E-state index is 11.1. The van der Waals surface area contributed by atoms with Gasteiger partial charge in [0.1, 0.15) is 0 Å². The molecular weight excluding hydrogens is 256 g/mol. The number of ether oxygens (including phenoxy) is 2. The zero-order chi connectivity index (χ0) is 14.6. The molecule has 1 aromatic rings. The minimum Gasteiger partial charge on any atom is -0.349 e. The van der Waals surface area contributed by atoms with Crippen molar-refractivity contribution in [2.24, 2.45) is 5.92 Å². The molecule has 0 aromatic carbocycles. The largest absolute Gasteiger partial charge is 0.349 e. The van der Waals surface area contributed by atoms with Gasteiger partial charge in [-0.05, 0) is 23.6 Å². The molecule has 0 fully saturated rings. The molecule has 1 aromatic heterocycles. The predicted molar refractivity (Wildman–Crippen MR) is 77.1 cm³/mol. The summed E-state index contributed by atoms with van der Waals surface area (Å²) in [6.07, 6.45) is 6.32. The molecule has 1 aliphatic carbocycles. The van der Waals surface area contributed by atoms with Gasteiger partial charge in [-0.2, -0.15) is 5.10 Å². The van der Waals surface area contributed by atoms with Gasteiger partial charge < -0.3 is 9.47 Å². The summed E-state index contributed by atoms with van der Waals surface area (Å²) in [5, 5.41) is 6.49. The lowest BCUT2D eigenvalue weighted by Crippen LogP contribution is -2.35. The van der Waals surface area contributed by atoms with E-state index in [0.717, 1.165) is 11.3 Å². The lowest BCUT2D eigenvalue weighted by molar-refractivity contribution is -0.190. The van der Waals surface area contributed by atoms with Gasteiger partial charge in [-0.3, -0.25) is 4.79 Å². The average Bonchev–Trinajstić information content (AvgIpc) is 2.46. The Morgan fingerprint density at radius 3 is 2.85 bits per heavy atom. The lowest BCUT2D eigenvalue weighted by Gasteiger charge is -2.32. The third-order valence-corrected chi connectivity index (χ3v) is 3.10. The van der Waals surface area contributed by atoms with Crippen molar-refractivity contribution in [1.29, 1.82) is 0 Å². The van der Waals surface area contributed by atoms with Crippen LogP contribution in [0.4, 0.5) is 0 Å². The van der Waals surface area contributed by atoms with Crippen LogP contribution in [0.5, 0.6) is 0 Å². The second kappa shape index (κ2) is 6.15. The van der Waals surface area contributed by atoms with Crippen molar-refractivity contribution in [1.82, 2.24) is 10.2 Å². The maximum Gasteiger partial charge on any atom is 0.264 e. The van der Waals surface area contributed by atoms with E-state index in [1.54, 1.807) is 13.2 Å². The number of aromatic amines is 1. The molecule has 5 heteroatoms. The Kier molecular flexibility index (Phi) is 4.52. The van der Waals surface area contributed by atoms with Crippen molar-refractivity contribution in [3.63, 3.8) is 0 Å². The number of rotatable bonds is 5. The highest BCUT2D eigenvalue weighted by atomic mass is 16.7. The zero-order valence-corrected chi connectivity index (χ0v) is 12.1. The highest BCUT2D eigenvalue weighted by molar-refractivity contribution is 5.66. The number of hydrogen-bond donors (Lipinski definition) is 1. The lowest BCUT2D eigenvalue weighted by atomic mass is 9.96. The Morgan fingerprint density at radius 2 is 2.25 bits per heavy atom. The first-order chi connectivity index (χ1) is 9.54. The van der Waals surface area contributed by atoms with Crippen LogP contribution in [0.3, 0.4) is 0 Å². The molecule has 5 nitrogen and oxygen atoms in total. The van der Waals surface area contributed by atoms with Crippen molar-refractivity contribution in [2.75, 3.05) is 13.7 Å². The van der Waals surface area contributed by atoms with Crippen LogP contribution < -0.4 is 5.56 Å². The second-order valence-electron chi connectivity index (χ2n) is 5.26. The van der Waals surface area contributed by atoms with Crippen molar-refractivity contribution >= 4 is 5.57 Å². The minimum absolute atomic E-state index is 0.213. The second-order valence-corrected chi connectivity index (χ2v) is 5.26. The van der Waals surface area contributed by atoms with Gasteiger partial charge in [0.2, 0.25) is 0 Å². The molecule has 2 rings (SSSR count).